The zero-order valence-electron chi connectivity index (χ0n) is 17.6. The zero-order valence-corrected chi connectivity index (χ0v) is 17.6. The van der Waals surface area contributed by atoms with Crippen LogP contribution in [0.25, 0.3) is 0 Å². The third-order valence-electron chi connectivity index (χ3n) is 6.81. The Bertz CT molecular complexity index is 899. The van der Waals surface area contributed by atoms with Crippen LogP contribution in [0.3, 0.4) is 0 Å². The molecule has 154 valence electrons. The van der Waals surface area contributed by atoms with Gasteiger partial charge >= 0.3 is 0 Å². The summed E-state index contributed by atoms with van der Waals surface area (Å²) >= 11 is 0. The van der Waals surface area contributed by atoms with E-state index in [0.717, 1.165) is 29.0 Å². The van der Waals surface area contributed by atoms with Crippen LogP contribution in [0.15, 0.2) is 29.3 Å². The van der Waals surface area contributed by atoms with E-state index in [-0.39, 0.29) is 35.5 Å². The second kappa shape index (κ2) is 7.01. The molecule has 1 saturated heterocycles. The number of hydrazine groups is 1. The highest BCUT2D eigenvalue weighted by Crippen LogP contribution is 2.59. The third-order valence-corrected chi connectivity index (χ3v) is 6.81. The zero-order chi connectivity index (χ0) is 21.0. The lowest BCUT2D eigenvalue weighted by atomic mass is 9.81. The van der Waals surface area contributed by atoms with Gasteiger partial charge < -0.3 is 4.74 Å². The Morgan fingerprint density at radius 3 is 2.17 bits per heavy atom. The SMILES string of the molecule is CC(C)=C1C2CCC1C1C(=O)N(NC(=O)C(C)Oc3ccc(C)c(C)c3)C(=O)C21. The van der Waals surface area contributed by atoms with Gasteiger partial charge in [0.1, 0.15) is 5.75 Å². The Morgan fingerprint density at radius 2 is 1.66 bits per heavy atom. The van der Waals surface area contributed by atoms with Crippen molar-refractivity contribution in [3.63, 3.8) is 0 Å². The average Bonchev–Trinajstić information content (AvgIpc) is 3.30. The van der Waals surface area contributed by atoms with E-state index in [0.29, 0.717) is 5.75 Å². The van der Waals surface area contributed by atoms with Crippen LogP contribution in [0.5, 0.6) is 5.75 Å². The van der Waals surface area contributed by atoms with Crippen molar-refractivity contribution in [2.45, 2.75) is 53.6 Å². The standard InChI is InChI=1S/C23H28N2O4/c1-11(2)18-16-8-9-17(18)20-19(16)22(27)25(23(20)28)24-21(26)14(5)29-15-7-6-12(3)13(4)10-15/h6-7,10,14,16-17,19-20H,8-9H2,1-5H3,(H,24,26). The number of hydrogen-bond acceptors (Lipinski definition) is 4. The molecular weight excluding hydrogens is 368 g/mol. The summed E-state index contributed by atoms with van der Waals surface area (Å²) in [4.78, 5) is 38.6. The summed E-state index contributed by atoms with van der Waals surface area (Å²) in [5.41, 5.74) is 7.24. The number of hydrogen-bond donors (Lipinski definition) is 1. The summed E-state index contributed by atoms with van der Waals surface area (Å²) < 4.78 is 5.72. The molecule has 29 heavy (non-hydrogen) atoms. The van der Waals surface area contributed by atoms with Gasteiger partial charge in [-0.3, -0.25) is 19.8 Å². The fourth-order valence-electron chi connectivity index (χ4n) is 5.35. The number of amides is 3. The molecule has 2 saturated carbocycles. The van der Waals surface area contributed by atoms with E-state index in [2.05, 4.69) is 19.3 Å². The van der Waals surface area contributed by atoms with E-state index in [1.807, 2.05) is 26.0 Å². The average molecular weight is 396 g/mol. The second-order valence-electron chi connectivity index (χ2n) is 8.79. The Kier molecular flexibility index (Phi) is 4.75. The van der Waals surface area contributed by atoms with Crippen LogP contribution in [0, 0.1) is 37.5 Å². The lowest BCUT2D eigenvalue weighted by molar-refractivity contribution is -0.151. The number of nitrogens with one attached hydrogen (secondary N) is 1. The van der Waals surface area contributed by atoms with E-state index >= 15 is 0 Å². The molecule has 6 heteroatoms. The maximum atomic E-state index is 13.0. The van der Waals surface area contributed by atoms with Crippen LogP contribution < -0.4 is 10.2 Å². The predicted molar refractivity (Wildman–Crippen MR) is 108 cm³/mol. The summed E-state index contributed by atoms with van der Waals surface area (Å²) in [6.45, 7) is 9.71. The van der Waals surface area contributed by atoms with Gasteiger partial charge in [0.05, 0.1) is 11.8 Å². The molecule has 2 aliphatic carbocycles. The molecule has 1 N–H and O–H groups in total. The third kappa shape index (κ3) is 3.05. The van der Waals surface area contributed by atoms with Crippen LogP contribution >= 0.6 is 0 Å². The molecule has 3 fully saturated rings. The fraction of sp³-hybridized carbons (Fsp3) is 0.522. The topological polar surface area (TPSA) is 75.7 Å². The number of nitrogens with zero attached hydrogens (tertiary/aromatic N) is 1. The summed E-state index contributed by atoms with van der Waals surface area (Å²) in [7, 11) is 0. The number of rotatable bonds is 4. The van der Waals surface area contributed by atoms with E-state index in [4.69, 9.17) is 4.74 Å². The van der Waals surface area contributed by atoms with Gasteiger partial charge in [-0.05, 0) is 82.6 Å². The van der Waals surface area contributed by atoms with Gasteiger partial charge in [0.15, 0.2) is 6.10 Å². The van der Waals surface area contributed by atoms with Crippen molar-refractivity contribution in [2.24, 2.45) is 23.7 Å². The summed E-state index contributed by atoms with van der Waals surface area (Å²) in [5, 5.41) is 0.949. The highest BCUT2D eigenvalue weighted by molar-refractivity contribution is 6.07. The molecule has 3 amide bonds. The van der Waals surface area contributed by atoms with Gasteiger partial charge in [-0.15, -0.1) is 0 Å². The van der Waals surface area contributed by atoms with Crippen LogP contribution in [0.2, 0.25) is 0 Å². The minimum Gasteiger partial charge on any atom is -0.481 e. The number of aryl methyl sites for hydroxylation is 2. The normalized spacial score (nSPS) is 28.6. The number of imide groups is 1. The van der Waals surface area contributed by atoms with E-state index in [9.17, 15) is 14.4 Å². The van der Waals surface area contributed by atoms with Gasteiger partial charge in [0, 0.05) is 0 Å². The van der Waals surface area contributed by atoms with Crippen molar-refractivity contribution in [1.82, 2.24) is 10.4 Å². The molecule has 3 aliphatic rings. The second-order valence-corrected chi connectivity index (χ2v) is 8.79. The fourth-order valence-corrected chi connectivity index (χ4v) is 5.35. The maximum Gasteiger partial charge on any atom is 0.279 e. The lowest BCUT2D eigenvalue weighted by Crippen LogP contribution is -2.51. The Balaban J connectivity index is 1.46. The minimum absolute atomic E-state index is 0.137. The van der Waals surface area contributed by atoms with Gasteiger partial charge in [-0.25, -0.2) is 0 Å². The van der Waals surface area contributed by atoms with Crippen LogP contribution in [-0.4, -0.2) is 28.8 Å². The summed E-state index contributed by atoms with van der Waals surface area (Å²) in [5.74, 6) is -0.868. The van der Waals surface area contributed by atoms with Gasteiger partial charge in [-0.2, -0.15) is 5.01 Å². The quantitative estimate of drug-likeness (QED) is 0.627. The summed E-state index contributed by atoms with van der Waals surface area (Å²) in [6, 6.07) is 5.61. The number of fused-ring (bicyclic) bond motifs is 5. The molecule has 1 aromatic rings. The van der Waals surface area contributed by atoms with Crippen LogP contribution in [0.1, 0.15) is 44.7 Å². The lowest BCUT2D eigenvalue weighted by Gasteiger charge is -2.22. The highest BCUT2D eigenvalue weighted by atomic mass is 16.5. The largest absolute Gasteiger partial charge is 0.481 e. The Hall–Kier alpha value is -2.63. The van der Waals surface area contributed by atoms with Gasteiger partial charge in [0.25, 0.3) is 17.7 Å². The highest BCUT2D eigenvalue weighted by Gasteiger charge is 2.63. The monoisotopic (exact) mass is 396 g/mol. The number of benzene rings is 1. The van der Waals surface area contributed by atoms with Crippen molar-refractivity contribution in [3.05, 3.63) is 40.5 Å². The van der Waals surface area contributed by atoms with Crippen molar-refractivity contribution >= 4 is 17.7 Å². The molecular formula is C23H28N2O4. The molecule has 1 aliphatic heterocycles. The molecule has 1 aromatic carbocycles. The van der Waals surface area contributed by atoms with Crippen molar-refractivity contribution in [2.75, 3.05) is 0 Å². The van der Waals surface area contributed by atoms with Crippen LogP contribution in [-0.2, 0) is 14.4 Å². The number of ether oxygens (including phenoxy) is 1. The minimum atomic E-state index is -0.830. The predicted octanol–water partition coefficient (Wildman–Crippen LogP) is 3.08. The first-order chi connectivity index (χ1) is 13.7. The molecule has 0 spiro atoms. The maximum absolute atomic E-state index is 13.0. The number of carbonyl (C=O) groups is 3. The van der Waals surface area contributed by atoms with Gasteiger partial charge in [0.2, 0.25) is 0 Å². The van der Waals surface area contributed by atoms with E-state index in [1.54, 1.807) is 13.0 Å². The molecule has 1 heterocycles. The molecule has 0 radical (unpaired) electrons. The Morgan fingerprint density at radius 1 is 1.07 bits per heavy atom. The van der Waals surface area contributed by atoms with Crippen molar-refractivity contribution in [3.8, 4) is 5.75 Å². The van der Waals surface area contributed by atoms with Crippen LogP contribution in [0.4, 0.5) is 0 Å². The molecule has 5 unspecified atom stereocenters. The Labute approximate surface area is 171 Å². The van der Waals surface area contributed by atoms with E-state index in [1.165, 1.54) is 11.1 Å². The first kappa shape index (κ1) is 19.7. The number of carbonyl (C=O) groups excluding carboxylic acids is 3. The molecule has 4 rings (SSSR count). The summed E-state index contributed by atoms with van der Waals surface area (Å²) in [6.07, 6.45) is 1.06. The molecule has 5 atom stereocenters. The molecule has 6 nitrogen and oxygen atoms in total. The first-order valence-corrected chi connectivity index (χ1v) is 10.3. The first-order valence-electron chi connectivity index (χ1n) is 10.3. The molecule has 0 aromatic heterocycles. The van der Waals surface area contributed by atoms with E-state index < -0.39 is 12.0 Å². The van der Waals surface area contributed by atoms with Gasteiger partial charge in [-0.1, -0.05) is 17.2 Å². The van der Waals surface area contributed by atoms with Crippen molar-refractivity contribution < 1.29 is 19.1 Å². The molecule has 2 bridgehead atoms. The smallest absolute Gasteiger partial charge is 0.279 e. The number of allylic oxidation sites excluding steroid dienone is 2. The van der Waals surface area contributed by atoms with Crippen molar-refractivity contribution in [1.29, 1.82) is 0 Å².